The van der Waals surface area contributed by atoms with Gasteiger partial charge < -0.3 is 4.84 Å². The number of benzene rings is 1. The van der Waals surface area contributed by atoms with Gasteiger partial charge in [0.25, 0.3) is 0 Å². The van der Waals surface area contributed by atoms with Gasteiger partial charge in [0.05, 0.1) is 22.5 Å². The van der Waals surface area contributed by atoms with Crippen molar-refractivity contribution in [2.24, 2.45) is 5.16 Å². The molecule has 0 atom stereocenters. The number of hydrogen-bond donors (Lipinski definition) is 0. The lowest BCUT2D eigenvalue weighted by Crippen LogP contribution is -1.91. The standard InChI is InChI=1S/C20H14N4OS/c1-2-8-17(9-3-1)25-23-13-16-7-4-10-18(24-16)19-14-22-20(26-19)15-6-5-11-21-12-15/h1-14H. The fraction of sp³-hybridized carbons (Fsp3) is 0. The van der Waals surface area contributed by atoms with E-state index in [2.05, 4.69) is 20.1 Å². The topological polar surface area (TPSA) is 60.3 Å². The summed E-state index contributed by atoms with van der Waals surface area (Å²) in [5.41, 5.74) is 2.56. The fourth-order valence-corrected chi connectivity index (χ4v) is 3.17. The van der Waals surface area contributed by atoms with E-state index in [0.717, 1.165) is 26.8 Å². The second-order valence-electron chi connectivity index (χ2n) is 5.36. The van der Waals surface area contributed by atoms with E-state index in [1.165, 1.54) is 0 Å². The van der Waals surface area contributed by atoms with E-state index in [-0.39, 0.29) is 0 Å². The van der Waals surface area contributed by atoms with Crippen molar-refractivity contribution < 1.29 is 4.84 Å². The van der Waals surface area contributed by atoms with Gasteiger partial charge in [0, 0.05) is 24.2 Å². The molecule has 6 heteroatoms. The van der Waals surface area contributed by atoms with Gasteiger partial charge in [0.1, 0.15) is 5.01 Å². The van der Waals surface area contributed by atoms with Crippen LogP contribution < -0.4 is 4.84 Å². The molecule has 0 bridgehead atoms. The van der Waals surface area contributed by atoms with Gasteiger partial charge in [0.2, 0.25) is 0 Å². The lowest BCUT2D eigenvalue weighted by molar-refractivity contribution is 0.344. The minimum Gasteiger partial charge on any atom is -0.357 e. The third-order valence-electron chi connectivity index (χ3n) is 3.52. The highest BCUT2D eigenvalue weighted by Crippen LogP contribution is 2.30. The van der Waals surface area contributed by atoms with Crippen LogP contribution in [0.2, 0.25) is 0 Å². The smallest absolute Gasteiger partial charge is 0.157 e. The molecule has 0 spiro atoms. The van der Waals surface area contributed by atoms with Crippen LogP contribution in [0.4, 0.5) is 0 Å². The van der Waals surface area contributed by atoms with Gasteiger partial charge in [-0.2, -0.15) is 0 Å². The molecule has 0 N–H and O–H groups in total. The molecule has 0 saturated carbocycles. The Morgan fingerprint density at radius 3 is 2.69 bits per heavy atom. The predicted octanol–water partition coefficient (Wildman–Crippen LogP) is 4.68. The zero-order valence-corrected chi connectivity index (χ0v) is 14.5. The first-order valence-electron chi connectivity index (χ1n) is 7.97. The maximum Gasteiger partial charge on any atom is 0.157 e. The van der Waals surface area contributed by atoms with Gasteiger partial charge in [-0.3, -0.25) is 4.98 Å². The summed E-state index contributed by atoms with van der Waals surface area (Å²) in [6.45, 7) is 0. The Labute approximate surface area is 154 Å². The van der Waals surface area contributed by atoms with Crippen LogP contribution in [0.1, 0.15) is 5.69 Å². The van der Waals surface area contributed by atoms with E-state index in [0.29, 0.717) is 5.75 Å². The monoisotopic (exact) mass is 358 g/mol. The van der Waals surface area contributed by atoms with E-state index in [1.807, 2.05) is 66.9 Å². The molecule has 0 aliphatic carbocycles. The van der Waals surface area contributed by atoms with Crippen molar-refractivity contribution in [1.29, 1.82) is 0 Å². The number of thiazole rings is 1. The molecule has 3 aromatic heterocycles. The van der Waals surface area contributed by atoms with Crippen LogP contribution in [0.3, 0.4) is 0 Å². The second-order valence-corrected chi connectivity index (χ2v) is 6.39. The van der Waals surface area contributed by atoms with Gasteiger partial charge in [0.15, 0.2) is 5.75 Å². The average molecular weight is 358 g/mol. The van der Waals surface area contributed by atoms with Crippen LogP contribution in [0.25, 0.3) is 21.1 Å². The lowest BCUT2D eigenvalue weighted by atomic mass is 10.3. The van der Waals surface area contributed by atoms with Gasteiger partial charge in [-0.25, -0.2) is 9.97 Å². The molecule has 4 aromatic rings. The number of oxime groups is 1. The molecule has 0 amide bonds. The number of aromatic nitrogens is 3. The normalized spacial score (nSPS) is 10.9. The summed E-state index contributed by atoms with van der Waals surface area (Å²) in [6.07, 6.45) is 6.98. The molecule has 4 rings (SSSR count). The minimum absolute atomic E-state index is 0.684. The first-order valence-corrected chi connectivity index (χ1v) is 8.79. The van der Waals surface area contributed by atoms with Crippen LogP contribution in [0, 0.1) is 0 Å². The van der Waals surface area contributed by atoms with Gasteiger partial charge in [-0.1, -0.05) is 29.4 Å². The molecule has 0 unspecified atom stereocenters. The molecule has 0 radical (unpaired) electrons. The molecule has 0 saturated heterocycles. The summed E-state index contributed by atoms with van der Waals surface area (Å²) in [5, 5.41) is 4.91. The summed E-state index contributed by atoms with van der Waals surface area (Å²) >= 11 is 1.58. The largest absolute Gasteiger partial charge is 0.357 e. The second kappa shape index (κ2) is 7.67. The summed E-state index contributed by atoms with van der Waals surface area (Å²) in [7, 11) is 0. The predicted molar refractivity (Wildman–Crippen MR) is 103 cm³/mol. The highest BCUT2D eigenvalue weighted by Gasteiger charge is 2.08. The number of nitrogens with zero attached hydrogens (tertiary/aromatic N) is 4. The Morgan fingerprint density at radius 2 is 1.85 bits per heavy atom. The zero-order chi connectivity index (χ0) is 17.6. The van der Waals surface area contributed by atoms with E-state index < -0.39 is 0 Å². The fourth-order valence-electron chi connectivity index (χ4n) is 2.30. The number of rotatable bonds is 5. The lowest BCUT2D eigenvalue weighted by Gasteiger charge is -1.99. The third-order valence-corrected chi connectivity index (χ3v) is 4.59. The van der Waals surface area contributed by atoms with Crippen LogP contribution >= 0.6 is 11.3 Å². The molecule has 5 nitrogen and oxygen atoms in total. The Hall–Kier alpha value is -3.38. The van der Waals surface area contributed by atoms with E-state index in [4.69, 9.17) is 4.84 Å². The summed E-state index contributed by atoms with van der Waals surface area (Å²) in [6, 6.07) is 19.1. The van der Waals surface area contributed by atoms with E-state index >= 15 is 0 Å². The van der Waals surface area contributed by atoms with Crippen molar-refractivity contribution >= 4 is 17.6 Å². The number of para-hydroxylation sites is 1. The van der Waals surface area contributed by atoms with Gasteiger partial charge in [-0.15, -0.1) is 11.3 Å². The Morgan fingerprint density at radius 1 is 0.923 bits per heavy atom. The SMILES string of the molecule is C(=NOc1ccccc1)c1cccc(-c2cnc(-c3cccnc3)s2)n1. The molecule has 26 heavy (non-hydrogen) atoms. The maximum atomic E-state index is 5.33. The highest BCUT2D eigenvalue weighted by atomic mass is 32.1. The molecular weight excluding hydrogens is 344 g/mol. The summed E-state index contributed by atoms with van der Waals surface area (Å²) in [5.74, 6) is 0.684. The first kappa shape index (κ1) is 16.1. The molecule has 0 fully saturated rings. The molecule has 3 heterocycles. The van der Waals surface area contributed by atoms with Crippen molar-refractivity contribution in [1.82, 2.24) is 15.0 Å². The van der Waals surface area contributed by atoms with Gasteiger partial charge in [-0.05, 0) is 36.4 Å². The molecule has 1 aromatic carbocycles. The average Bonchev–Trinajstić information content (AvgIpc) is 3.20. The minimum atomic E-state index is 0.684. The molecule has 0 aliphatic rings. The molecule has 126 valence electrons. The summed E-state index contributed by atoms with van der Waals surface area (Å²) in [4.78, 5) is 19.5. The molecular formula is C20H14N4OS. The third kappa shape index (κ3) is 3.81. The maximum absolute atomic E-state index is 5.33. The van der Waals surface area contributed by atoms with Crippen LogP contribution in [-0.2, 0) is 0 Å². The quantitative estimate of drug-likeness (QED) is 0.384. The highest BCUT2D eigenvalue weighted by molar-refractivity contribution is 7.18. The Bertz CT molecular complexity index is 1020. The van der Waals surface area contributed by atoms with Crippen molar-refractivity contribution in [3.63, 3.8) is 0 Å². The first-order chi connectivity index (χ1) is 12.9. The van der Waals surface area contributed by atoms with Crippen LogP contribution in [-0.4, -0.2) is 21.2 Å². The number of pyridine rings is 2. The van der Waals surface area contributed by atoms with Crippen molar-refractivity contribution in [3.05, 3.63) is 84.9 Å². The van der Waals surface area contributed by atoms with Crippen molar-refractivity contribution in [2.45, 2.75) is 0 Å². The van der Waals surface area contributed by atoms with Crippen LogP contribution in [0.15, 0.2) is 84.4 Å². The van der Waals surface area contributed by atoms with Gasteiger partial charge >= 0.3 is 0 Å². The Kier molecular flexibility index (Phi) is 4.75. The zero-order valence-electron chi connectivity index (χ0n) is 13.7. The van der Waals surface area contributed by atoms with Crippen molar-refractivity contribution in [2.75, 3.05) is 0 Å². The number of hydrogen-bond acceptors (Lipinski definition) is 6. The van der Waals surface area contributed by atoms with Crippen molar-refractivity contribution in [3.8, 4) is 26.9 Å². The summed E-state index contributed by atoms with van der Waals surface area (Å²) < 4.78 is 0. The van der Waals surface area contributed by atoms with Crippen LogP contribution in [0.5, 0.6) is 5.75 Å². The van der Waals surface area contributed by atoms with E-state index in [9.17, 15) is 0 Å². The molecule has 0 aliphatic heterocycles. The Balaban J connectivity index is 1.52. The van der Waals surface area contributed by atoms with E-state index in [1.54, 1.807) is 29.9 Å².